The third-order valence-corrected chi connectivity index (χ3v) is 7.75. The highest BCUT2D eigenvalue weighted by Gasteiger charge is 2.26. The predicted octanol–water partition coefficient (Wildman–Crippen LogP) is 6.46. The van der Waals surface area contributed by atoms with Crippen LogP contribution in [0.1, 0.15) is 73.7 Å². The molecule has 1 fully saturated rings. The number of anilines is 1. The van der Waals surface area contributed by atoms with Crippen molar-refractivity contribution in [2.75, 3.05) is 25.0 Å². The van der Waals surface area contributed by atoms with E-state index in [1.54, 1.807) is 0 Å². The standard InChI is InChI=1S/C29H34N6/c1-20(34-31)29-26-10-9-23(22-12-15-35(16-13-22)25-7-2-3-8-25)18-27(26)28(11-14-32-29)33-24-6-4-5-21(17-24)19-30/h4-6,9-10,12,17-18,25,28,31-33H,2-3,7-8,11,13-16H2,1H3/b29-20-,34-31?. The van der Waals surface area contributed by atoms with E-state index in [4.69, 9.17) is 5.53 Å². The summed E-state index contributed by atoms with van der Waals surface area (Å²) in [4.78, 5) is 2.66. The van der Waals surface area contributed by atoms with Gasteiger partial charge in [0.2, 0.25) is 0 Å². The Bertz CT molecular complexity index is 1200. The maximum Gasteiger partial charge on any atom is 0.0992 e. The summed E-state index contributed by atoms with van der Waals surface area (Å²) in [7, 11) is 0. The summed E-state index contributed by atoms with van der Waals surface area (Å²) in [5.41, 5.74) is 15.8. The van der Waals surface area contributed by atoms with E-state index in [-0.39, 0.29) is 6.04 Å². The molecule has 2 aromatic carbocycles. The number of hydrogen-bond acceptors (Lipinski definition) is 6. The van der Waals surface area contributed by atoms with Gasteiger partial charge in [0.15, 0.2) is 0 Å². The van der Waals surface area contributed by atoms with Gasteiger partial charge in [0, 0.05) is 36.9 Å². The van der Waals surface area contributed by atoms with Crippen LogP contribution in [0, 0.1) is 16.9 Å². The second-order valence-corrected chi connectivity index (χ2v) is 9.89. The minimum Gasteiger partial charge on any atom is -0.383 e. The molecule has 6 heteroatoms. The molecule has 1 saturated carbocycles. The van der Waals surface area contributed by atoms with Gasteiger partial charge in [-0.2, -0.15) is 10.4 Å². The summed E-state index contributed by atoms with van der Waals surface area (Å²) in [6, 6.07) is 17.5. The molecule has 2 aromatic rings. The largest absolute Gasteiger partial charge is 0.383 e. The van der Waals surface area contributed by atoms with E-state index in [0.717, 1.165) is 55.5 Å². The summed E-state index contributed by atoms with van der Waals surface area (Å²) in [5, 5.41) is 20.3. The molecule has 0 bridgehead atoms. The summed E-state index contributed by atoms with van der Waals surface area (Å²) in [5.74, 6) is 0. The Morgan fingerprint density at radius 2 is 2.03 bits per heavy atom. The van der Waals surface area contributed by atoms with Crippen LogP contribution in [0.5, 0.6) is 0 Å². The lowest BCUT2D eigenvalue weighted by atomic mass is 9.90. The van der Waals surface area contributed by atoms with E-state index in [0.29, 0.717) is 11.3 Å². The van der Waals surface area contributed by atoms with Crippen molar-refractivity contribution in [1.82, 2.24) is 10.2 Å². The van der Waals surface area contributed by atoms with Gasteiger partial charge < -0.3 is 10.6 Å². The third-order valence-electron chi connectivity index (χ3n) is 7.75. The van der Waals surface area contributed by atoms with Gasteiger partial charge in [-0.1, -0.05) is 37.1 Å². The van der Waals surface area contributed by atoms with Gasteiger partial charge in [-0.3, -0.25) is 4.90 Å². The fourth-order valence-electron chi connectivity index (χ4n) is 5.83. The van der Waals surface area contributed by atoms with Crippen molar-refractivity contribution in [2.24, 2.45) is 5.11 Å². The number of hydrogen-bond donors (Lipinski definition) is 3. The molecule has 1 unspecified atom stereocenters. The van der Waals surface area contributed by atoms with Crippen LogP contribution in [0.15, 0.2) is 59.4 Å². The molecule has 6 nitrogen and oxygen atoms in total. The van der Waals surface area contributed by atoms with Crippen molar-refractivity contribution < 1.29 is 0 Å². The Balaban J connectivity index is 1.48. The highest BCUT2D eigenvalue weighted by Crippen LogP contribution is 2.36. The van der Waals surface area contributed by atoms with E-state index in [1.165, 1.54) is 42.4 Å². The fourth-order valence-corrected chi connectivity index (χ4v) is 5.83. The Morgan fingerprint density at radius 3 is 2.77 bits per heavy atom. The van der Waals surface area contributed by atoms with Gasteiger partial charge in [0.25, 0.3) is 0 Å². The van der Waals surface area contributed by atoms with Crippen LogP contribution in [-0.4, -0.2) is 30.6 Å². The molecule has 0 saturated heterocycles. The van der Waals surface area contributed by atoms with Gasteiger partial charge in [0.05, 0.1) is 29.1 Å². The molecule has 180 valence electrons. The summed E-state index contributed by atoms with van der Waals surface area (Å²) in [6.07, 6.45) is 9.86. The zero-order valence-electron chi connectivity index (χ0n) is 20.5. The highest BCUT2D eigenvalue weighted by molar-refractivity contribution is 5.75. The first-order valence-electron chi connectivity index (χ1n) is 12.8. The molecular formula is C29H34N6. The average molecular weight is 467 g/mol. The van der Waals surface area contributed by atoms with Crippen molar-refractivity contribution in [3.8, 4) is 6.07 Å². The molecule has 1 aliphatic carbocycles. The van der Waals surface area contributed by atoms with E-state index in [9.17, 15) is 5.26 Å². The number of rotatable bonds is 5. The quantitative estimate of drug-likeness (QED) is 0.442. The molecular weight excluding hydrogens is 432 g/mol. The zero-order valence-corrected chi connectivity index (χ0v) is 20.5. The van der Waals surface area contributed by atoms with Crippen LogP contribution in [0.2, 0.25) is 0 Å². The van der Waals surface area contributed by atoms with Gasteiger partial charge >= 0.3 is 0 Å². The van der Waals surface area contributed by atoms with E-state index >= 15 is 0 Å². The fraction of sp³-hybridized carbons (Fsp3) is 0.414. The number of nitrogens with one attached hydrogen (secondary N) is 3. The van der Waals surface area contributed by atoms with Crippen LogP contribution in [0.3, 0.4) is 0 Å². The highest BCUT2D eigenvalue weighted by atomic mass is 15.2. The summed E-state index contributed by atoms with van der Waals surface area (Å²) < 4.78 is 0. The van der Waals surface area contributed by atoms with Crippen molar-refractivity contribution in [1.29, 1.82) is 10.8 Å². The Kier molecular flexibility index (Phi) is 6.96. The zero-order chi connectivity index (χ0) is 24.2. The minimum absolute atomic E-state index is 0.0848. The Morgan fingerprint density at radius 1 is 1.17 bits per heavy atom. The van der Waals surface area contributed by atoms with E-state index in [1.807, 2.05) is 31.2 Å². The van der Waals surface area contributed by atoms with Crippen LogP contribution in [0.4, 0.5) is 5.69 Å². The van der Waals surface area contributed by atoms with Crippen molar-refractivity contribution in [3.05, 3.63) is 76.5 Å². The normalized spacial score (nSPS) is 22.3. The lowest BCUT2D eigenvalue weighted by Crippen LogP contribution is -2.36. The molecule has 0 spiro atoms. The molecule has 0 aromatic heterocycles. The second-order valence-electron chi connectivity index (χ2n) is 9.89. The van der Waals surface area contributed by atoms with Crippen LogP contribution in [0.25, 0.3) is 11.3 Å². The Labute approximate surface area is 208 Å². The number of allylic oxidation sites excluding steroid dienone is 1. The maximum absolute atomic E-state index is 9.33. The summed E-state index contributed by atoms with van der Waals surface area (Å²) in [6.45, 7) is 4.85. The first-order valence-corrected chi connectivity index (χ1v) is 12.8. The molecule has 2 heterocycles. The van der Waals surface area contributed by atoms with Crippen molar-refractivity contribution in [3.63, 3.8) is 0 Å². The van der Waals surface area contributed by atoms with Crippen LogP contribution < -0.4 is 10.6 Å². The molecule has 0 radical (unpaired) electrons. The number of benzene rings is 2. The minimum atomic E-state index is 0.0848. The molecule has 2 aliphatic heterocycles. The molecule has 3 aliphatic rings. The predicted molar refractivity (Wildman–Crippen MR) is 141 cm³/mol. The third kappa shape index (κ3) is 5.01. The van der Waals surface area contributed by atoms with E-state index < -0.39 is 0 Å². The van der Waals surface area contributed by atoms with E-state index in [2.05, 4.69) is 51.0 Å². The van der Waals surface area contributed by atoms with Gasteiger partial charge in [-0.05, 0) is 73.6 Å². The molecule has 1 atom stereocenters. The van der Waals surface area contributed by atoms with Gasteiger partial charge in [-0.15, -0.1) is 0 Å². The maximum atomic E-state index is 9.33. The van der Waals surface area contributed by atoms with Gasteiger partial charge in [-0.25, -0.2) is 5.53 Å². The molecule has 35 heavy (non-hydrogen) atoms. The van der Waals surface area contributed by atoms with Crippen LogP contribution in [-0.2, 0) is 0 Å². The SMILES string of the molecule is C/C(N=N)=C1/NCCC(Nc2cccc(C#N)c2)c2cc(C3=CCN(C4CCCC4)CC3)ccc21. The first-order chi connectivity index (χ1) is 17.2. The molecule has 5 rings (SSSR count). The molecule has 0 amide bonds. The van der Waals surface area contributed by atoms with Crippen LogP contribution >= 0.6 is 0 Å². The average Bonchev–Trinajstić information content (AvgIpc) is 3.39. The molecule has 3 N–H and O–H groups in total. The topological polar surface area (TPSA) is 87.3 Å². The lowest BCUT2D eigenvalue weighted by molar-refractivity contribution is 0.219. The number of nitriles is 1. The second kappa shape index (κ2) is 10.5. The van der Waals surface area contributed by atoms with Crippen molar-refractivity contribution >= 4 is 17.0 Å². The smallest absolute Gasteiger partial charge is 0.0992 e. The number of nitrogens with zero attached hydrogens (tertiary/aromatic N) is 3. The van der Waals surface area contributed by atoms with Crippen molar-refractivity contribution in [2.45, 2.75) is 57.5 Å². The van der Waals surface area contributed by atoms with Gasteiger partial charge in [0.1, 0.15) is 0 Å². The monoisotopic (exact) mass is 466 g/mol. The number of fused-ring (bicyclic) bond motifs is 1. The summed E-state index contributed by atoms with van der Waals surface area (Å²) >= 11 is 0. The lowest BCUT2D eigenvalue weighted by Gasteiger charge is -2.32. The first kappa shape index (κ1) is 23.3. The Hall–Kier alpha value is -3.43.